The van der Waals surface area contributed by atoms with Gasteiger partial charge < -0.3 is 4.57 Å². The molecule has 2 rings (SSSR count). The summed E-state index contributed by atoms with van der Waals surface area (Å²) in [6, 6.07) is 1.98. The highest BCUT2D eigenvalue weighted by Crippen LogP contribution is 2.09. The van der Waals surface area contributed by atoms with Crippen LogP contribution in [0.15, 0.2) is 37.2 Å². The third-order valence-corrected chi connectivity index (χ3v) is 1.79. The molecular formula is C9H9N3. The van der Waals surface area contributed by atoms with Crippen LogP contribution in [-0.2, 0) is 0 Å². The molecule has 0 bridgehead atoms. The monoisotopic (exact) mass is 159 g/mol. The summed E-state index contributed by atoms with van der Waals surface area (Å²) in [4.78, 5) is 8.03. The van der Waals surface area contributed by atoms with Gasteiger partial charge in [0.2, 0.25) is 0 Å². The first-order valence-corrected chi connectivity index (χ1v) is 3.77. The lowest BCUT2D eigenvalue weighted by Gasteiger charge is -2.03. The highest BCUT2D eigenvalue weighted by molar-refractivity contribution is 5.36. The third kappa shape index (κ3) is 1.09. The Morgan fingerprint density at radius 2 is 2.17 bits per heavy atom. The molecule has 0 fully saturated rings. The first kappa shape index (κ1) is 7.03. The Morgan fingerprint density at radius 1 is 1.25 bits per heavy atom. The van der Waals surface area contributed by atoms with Crippen molar-refractivity contribution < 1.29 is 0 Å². The van der Waals surface area contributed by atoms with E-state index in [9.17, 15) is 0 Å². The molecule has 3 nitrogen and oxygen atoms in total. The van der Waals surface area contributed by atoms with E-state index in [1.165, 1.54) is 5.56 Å². The number of nitrogens with zero attached hydrogens (tertiary/aromatic N) is 3. The second-order valence-electron chi connectivity index (χ2n) is 2.63. The van der Waals surface area contributed by atoms with Crippen LogP contribution in [0.3, 0.4) is 0 Å². The molecule has 0 aliphatic rings. The fourth-order valence-electron chi connectivity index (χ4n) is 1.13. The zero-order chi connectivity index (χ0) is 8.39. The Morgan fingerprint density at radius 3 is 2.83 bits per heavy atom. The lowest BCUT2D eigenvalue weighted by atomic mass is 10.2. The highest BCUT2D eigenvalue weighted by Gasteiger charge is 1.97. The Bertz CT molecular complexity index is 365. The average Bonchev–Trinajstić information content (AvgIpc) is 2.57. The summed E-state index contributed by atoms with van der Waals surface area (Å²) in [5, 5.41) is 0. The highest BCUT2D eigenvalue weighted by atomic mass is 15.0. The van der Waals surface area contributed by atoms with Gasteiger partial charge in [-0.05, 0) is 18.6 Å². The molecule has 2 aromatic rings. The van der Waals surface area contributed by atoms with Gasteiger partial charge in [-0.2, -0.15) is 0 Å². The predicted molar refractivity (Wildman–Crippen MR) is 46.1 cm³/mol. The van der Waals surface area contributed by atoms with E-state index in [0.29, 0.717) is 0 Å². The minimum Gasteiger partial charge on any atom is -0.304 e. The fourth-order valence-corrected chi connectivity index (χ4v) is 1.13. The van der Waals surface area contributed by atoms with Gasteiger partial charge in [-0.1, -0.05) is 0 Å². The molecule has 0 aromatic carbocycles. The summed E-state index contributed by atoms with van der Waals surface area (Å²) in [7, 11) is 0. The van der Waals surface area contributed by atoms with E-state index in [0.717, 1.165) is 5.69 Å². The zero-order valence-corrected chi connectivity index (χ0v) is 6.81. The molecule has 12 heavy (non-hydrogen) atoms. The smallest absolute Gasteiger partial charge is 0.0992 e. The van der Waals surface area contributed by atoms with Gasteiger partial charge >= 0.3 is 0 Å². The first-order valence-electron chi connectivity index (χ1n) is 3.77. The van der Waals surface area contributed by atoms with Crippen LogP contribution >= 0.6 is 0 Å². The number of rotatable bonds is 1. The molecule has 60 valence electrons. The van der Waals surface area contributed by atoms with Crippen molar-refractivity contribution in [3.8, 4) is 5.69 Å². The van der Waals surface area contributed by atoms with Gasteiger partial charge in [0.25, 0.3) is 0 Å². The van der Waals surface area contributed by atoms with E-state index < -0.39 is 0 Å². The third-order valence-electron chi connectivity index (χ3n) is 1.79. The summed E-state index contributed by atoms with van der Waals surface area (Å²) in [5.41, 5.74) is 2.28. The first-order chi connectivity index (χ1) is 5.88. The summed E-state index contributed by atoms with van der Waals surface area (Å²) < 4.78 is 1.95. The summed E-state index contributed by atoms with van der Waals surface area (Å²) in [6.07, 6.45) is 9.05. The maximum absolute atomic E-state index is 4.05. The number of pyridine rings is 1. The number of aryl methyl sites for hydroxylation is 1. The van der Waals surface area contributed by atoms with Crippen LogP contribution in [0.4, 0.5) is 0 Å². The molecule has 0 aliphatic heterocycles. The van der Waals surface area contributed by atoms with Crippen molar-refractivity contribution in [3.63, 3.8) is 0 Å². The normalized spacial score (nSPS) is 10.1. The molecule has 0 N–H and O–H groups in total. The van der Waals surface area contributed by atoms with Crippen LogP contribution < -0.4 is 0 Å². The minimum atomic E-state index is 1.08. The molecule has 0 amide bonds. The zero-order valence-electron chi connectivity index (χ0n) is 6.81. The van der Waals surface area contributed by atoms with Crippen molar-refractivity contribution in [2.75, 3.05) is 0 Å². The van der Waals surface area contributed by atoms with Crippen LogP contribution in [0.25, 0.3) is 5.69 Å². The molecule has 0 radical (unpaired) electrons. The van der Waals surface area contributed by atoms with E-state index in [1.807, 2.05) is 23.0 Å². The van der Waals surface area contributed by atoms with Crippen molar-refractivity contribution in [2.24, 2.45) is 0 Å². The minimum absolute atomic E-state index is 1.08. The van der Waals surface area contributed by atoms with Crippen LogP contribution in [0.2, 0.25) is 0 Å². The largest absolute Gasteiger partial charge is 0.304 e. The van der Waals surface area contributed by atoms with E-state index in [2.05, 4.69) is 16.9 Å². The van der Waals surface area contributed by atoms with Gasteiger partial charge in [-0.25, -0.2) is 4.98 Å². The van der Waals surface area contributed by atoms with Gasteiger partial charge in [-0.15, -0.1) is 0 Å². The summed E-state index contributed by atoms with van der Waals surface area (Å²) in [5.74, 6) is 0. The molecule has 0 saturated carbocycles. The fraction of sp³-hybridized carbons (Fsp3) is 0.111. The lowest BCUT2D eigenvalue weighted by molar-refractivity contribution is 1.02. The van der Waals surface area contributed by atoms with Gasteiger partial charge in [-0.3, -0.25) is 4.98 Å². The van der Waals surface area contributed by atoms with Crippen LogP contribution in [0.5, 0.6) is 0 Å². The van der Waals surface area contributed by atoms with Crippen molar-refractivity contribution in [1.82, 2.24) is 14.5 Å². The van der Waals surface area contributed by atoms with E-state index in [-0.39, 0.29) is 0 Å². The van der Waals surface area contributed by atoms with E-state index >= 15 is 0 Å². The quantitative estimate of drug-likeness (QED) is 0.632. The Balaban J connectivity index is 2.55. The van der Waals surface area contributed by atoms with Crippen LogP contribution in [-0.4, -0.2) is 14.5 Å². The summed E-state index contributed by atoms with van der Waals surface area (Å²) >= 11 is 0. The van der Waals surface area contributed by atoms with Crippen molar-refractivity contribution in [1.29, 1.82) is 0 Å². The second-order valence-corrected chi connectivity index (χ2v) is 2.63. The van der Waals surface area contributed by atoms with E-state index in [4.69, 9.17) is 0 Å². The molecule has 0 unspecified atom stereocenters. The van der Waals surface area contributed by atoms with Gasteiger partial charge in [0, 0.05) is 18.6 Å². The summed E-state index contributed by atoms with van der Waals surface area (Å²) in [6.45, 7) is 2.05. The number of hydrogen-bond donors (Lipinski definition) is 0. The maximum atomic E-state index is 4.05. The van der Waals surface area contributed by atoms with Crippen LogP contribution in [0.1, 0.15) is 5.56 Å². The average molecular weight is 159 g/mol. The molecular weight excluding hydrogens is 150 g/mol. The standard InChI is InChI=1S/C9H9N3/c1-8-2-3-10-6-9(8)12-5-4-11-7-12/h2-7H,1H3. The molecule has 3 heteroatoms. The maximum Gasteiger partial charge on any atom is 0.0992 e. The second kappa shape index (κ2) is 2.77. The Kier molecular flexibility index (Phi) is 1.63. The number of aromatic nitrogens is 3. The molecule has 0 atom stereocenters. The van der Waals surface area contributed by atoms with Crippen molar-refractivity contribution >= 4 is 0 Å². The van der Waals surface area contributed by atoms with Crippen molar-refractivity contribution in [3.05, 3.63) is 42.7 Å². The number of imidazole rings is 1. The van der Waals surface area contributed by atoms with Crippen LogP contribution in [0, 0.1) is 6.92 Å². The Hall–Kier alpha value is -1.64. The molecule has 0 spiro atoms. The SMILES string of the molecule is Cc1ccncc1-n1ccnc1. The van der Waals surface area contributed by atoms with Gasteiger partial charge in [0.15, 0.2) is 0 Å². The topological polar surface area (TPSA) is 30.7 Å². The lowest BCUT2D eigenvalue weighted by Crippen LogP contribution is -1.93. The molecule has 2 aromatic heterocycles. The van der Waals surface area contributed by atoms with E-state index in [1.54, 1.807) is 18.7 Å². The molecule has 0 saturated heterocycles. The Labute approximate surface area is 70.7 Å². The molecule has 2 heterocycles. The molecule has 0 aliphatic carbocycles. The number of hydrogen-bond acceptors (Lipinski definition) is 2. The van der Waals surface area contributed by atoms with Gasteiger partial charge in [0.05, 0.1) is 18.2 Å². The van der Waals surface area contributed by atoms with Crippen molar-refractivity contribution in [2.45, 2.75) is 6.92 Å². The van der Waals surface area contributed by atoms with Gasteiger partial charge in [0.1, 0.15) is 0 Å². The predicted octanol–water partition coefficient (Wildman–Crippen LogP) is 1.58.